The van der Waals surface area contributed by atoms with E-state index >= 15 is 0 Å². The molecule has 0 heterocycles. The van der Waals surface area contributed by atoms with Crippen LogP contribution in [0, 0.1) is 17.1 Å². The van der Waals surface area contributed by atoms with Crippen molar-refractivity contribution in [3.05, 3.63) is 34.6 Å². The minimum Gasteiger partial charge on any atom is -0.459 e. The first-order chi connectivity index (χ1) is 8.26. The Balaban J connectivity index is 3.08. The van der Waals surface area contributed by atoms with E-state index in [1.807, 2.05) is 0 Å². The van der Waals surface area contributed by atoms with Crippen LogP contribution in [0.5, 0.6) is 0 Å². The third-order valence-electron chi connectivity index (χ3n) is 2.06. The van der Waals surface area contributed by atoms with Crippen LogP contribution in [-0.2, 0) is 9.53 Å². The molecular weight excluding hydrogens is 257 g/mol. The van der Waals surface area contributed by atoms with Gasteiger partial charge in [-0.05, 0) is 26.8 Å². The lowest BCUT2D eigenvalue weighted by molar-refractivity contribution is -0.155. The van der Waals surface area contributed by atoms with Gasteiger partial charge in [0.1, 0.15) is 11.4 Å². The first-order valence-electron chi connectivity index (χ1n) is 5.32. The van der Waals surface area contributed by atoms with Gasteiger partial charge in [-0.1, -0.05) is 23.7 Å². The number of hydrogen-bond acceptors (Lipinski definition) is 3. The minimum absolute atomic E-state index is 0.0701. The highest BCUT2D eigenvalue weighted by molar-refractivity contribution is 6.30. The maximum absolute atomic E-state index is 13.7. The Morgan fingerprint density at radius 2 is 2.11 bits per heavy atom. The summed E-state index contributed by atoms with van der Waals surface area (Å²) in [5.74, 6) is -2.87. The van der Waals surface area contributed by atoms with Crippen LogP contribution >= 0.6 is 11.6 Å². The number of carbonyl (C=O) groups excluding carboxylic acids is 1. The van der Waals surface area contributed by atoms with Gasteiger partial charge in [-0.3, -0.25) is 4.79 Å². The van der Waals surface area contributed by atoms with Crippen molar-refractivity contribution in [1.29, 1.82) is 5.26 Å². The fourth-order valence-electron chi connectivity index (χ4n) is 1.35. The molecule has 1 unspecified atom stereocenters. The van der Waals surface area contributed by atoms with Crippen molar-refractivity contribution < 1.29 is 13.9 Å². The van der Waals surface area contributed by atoms with Crippen LogP contribution in [0.1, 0.15) is 32.3 Å². The number of rotatable bonds is 2. The van der Waals surface area contributed by atoms with Gasteiger partial charge in [0.15, 0.2) is 5.92 Å². The lowest BCUT2D eigenvalue weighted by Crippen LogP contribution is -2.27. The maximum atomic E-state index is 13.7. The van der Waals surface area contributed by atoms with Gasteiger partial charge in [0.2, 0.25) is 0 Å². The number of carbonyl (C=O) groups is 1. The standard InChI is InChI=1S/C13H13ClFNO2/c1-13(2,3)18-12(17)9(7-16)8-5-4-6-10(14)11(8)15/h4-6,9H,1-3H3. The molecule has 0 amide bonds. The zero-order valence-corrected chi connectivity index (χ0v) is 11.1. The predicted molar refractivity (Wildman–Crippen MR) is 65.6 cm³/mol. The van der Waals surface area contributed by atoms with E-state index in [0.29, 0.717) is 0 Å². The Labute approximate surface area is 110 Å². The summed E-state index contributed by atoms with van der Waals surface area (Å²) in [6, 6.07) is 5.91. The SMILES string of the molecule is CC(C)(C)OC(=O)C(C#N)c1cccc(Cl)c1F. The average Bonchev–Trinajstić information content (AvgIpc) is 2.22. The lowest BCUT2D eigenvalue weighted by Gasteiger charge is -2.21. The summed E-state index contributed by atoms with van der Waals surface area (Å²) < 4.78 is 18.8. The van der Waals surface area contributed by atoms with E-state index in [1.165, 1.54) is 18.2 Å². The molecular formula is C13H13ClFNO2. The van der Waals surface area contributed by atoms with Gasteiger partial charge < -0.3 is 4.74 Å². The van der Waals surface area contributed by atoms with E-state index in [4.69, 9.17) is 21.6 Å². The van der Waals surface area contributed by atoms with E-state index in [1.54, 1.807) is 26.8 Å². The minimum atomic E-state index is -1.32. The summed E-state index contributed by atoms with van der Waals surface area (Å²) >= 11 is 5.62. The molecule has 0 aliphatic rings. The molecule has 0 aromatic heterocycles. The van der Waals surface area contributed by atoms with Crippen molar-refractivity contribution in [3.8, 4) is 6.07 Å². The van der Waals surface area contributed by atoms with Gasteiger partial charge in [-0.15, -0.1) is 0 Å². The van der Waals surface area contributed by atoms with Gasteiger partial charge in [-0.25, -0.2) is 4.39 Å². The molecule has 0 aliphatic heterocycles. The van der Waals surface area contributed by atoms with Crippen LogP contribution < -0.4 is 0 Å². The zero-order valence-electron chi connectivity index (χ0n) is 10.3. The van der Waals surface area contributed by atoms with Crippen molar-refractivity contribution >= 4 is 17.6 Å². The van der Waals surface area contributed by atoms with E-state index < -0.39 is 23.3 Å². The highest BCUT2D eigenvalue weighted by atomic mass is 35.5. The third-order valence-corrected chi connectivity index (χ3v) is 2.36. The number of esters is 1. The molecule has 96 valence electrons. The normalized spacial score (nSPS) is 12.7. The van der Waals surface area contributed by atoms with Gasteiger partial charge in [0.05, 0.1) is 11.1 Å². The molecule has 1 aromatic rings. The van der Waals surface area contributed by atoms with E-state index in [0.717, 1.165) is 0 Å². The largest absolute Gasteiger partial charge is 0.459 e. The topological polar surface area (TPSA) is 50.1 Å². The van der Waals surface area contributed by atoms with Crippen molar-refractivity contribution in [3.63, 3.8) is 0 Å². The van der Waals surface area contributed by atoms with Crippen LogP contribution in [-0.4, -0.2) is 11.6 Å². The van der Waals surface area contributed by atoms with Crippen LogP contribution in [0.15, 0.2) is 18.2 Å². The summed E-state index contributed by atoms with van der Waals surface area (Å²) in [5, 5.41) is 8.87. The van der Waals surface area contributed by atoms with Crippen LogP contribution in [0.25, 0.3) is 0 Å². The molecule has 0 fully saturated rings. The van der Waals surface area contributed by atoms with Crippen molar-refractivity contribution in [1.82, 2.24) is 0 Å². The van der Waals surface area contributed by atoms with Crippen LogP contribution in [0.3, 0.4) is 0 Å². The van der Waals surface area contributed by atoms with E-state index in [9.17, 15) is 9.18 Å². The Morgan fingerprint density at radius 3 is 2.61 bits per heavy atom. The molecule has 5 heteroatoms. The number of nitrogens with zero attached hydrogens (tertiary/aromatic N) is 1. The molecule has 0 aliphatic carbocycles. The lowest BCUT2D eigenvalue weighted by atomic mass is 10.00. The van der Waals surface area contributed by atoms with E-state index in [2.05, 4.69) is 0 Å². The monoisotopic (exact) mass is 269 g/mol. The Bertz CT molecular complexity index is 503. The van der Waals surface area contributed by atoms with E-state index in [-0.39, 0.29) is 10.6 Å². The molecule has 1 atom stereocenters. The number of benzene rings is 1. The van der Waals surface area contributed by atoms with Crippen molar-refractivity contribution in [2.75, 3.05) is 0 Å². The van der Waals surface area contributed by atoms with Crippen molar-refractivity contribution in [2.45, 2.75) is 32.3 Å². The number of nitriles is 1. The molecule has 1 rings (SSSR count). The van der Waals surface area contributed by atoms with Gasteiger partial charge in [0, 0.05) is 5.56 Å². The molecule has 18 heavy (non-hydrogen) atoms. The first kappa shape index (κ1) is 14.5. The fourth-order valence-corrected chi connectivity index (χ4v) is 1.54. The maximum Gasteiger partial charge on any atom is 0.328 e. The molecule has 0 radical (unpaired) electrons. The third kappa shape index (κ3) is 3.44. The summed E-state index contributed by atoms with van der Waals surface area (Å²) in [7, 11) is 0. The molecule has 0 bridgehead atoms. The number of hydrogen-bond donors (Lipinski definition) is 0. The van der Waals surface area contributed by atoms with Gasteiger partial charge in [-0.2, -0.15) is 5.26 Å². The molecule has 3 nitrogen and oxygen atoms in total. The number of halogens is 2. The summed E-state index contributed by atoms with van der Waals surface area (Å²) in [4.78, 5) is 11.8. The fraction of sp³-hybridized carbons (Fsp3) is 0.385. The highest BCUT2D eigenvalue weighted by Gasteiger charge is 2.29. The Hall–Kier alpha value is -1.60. The molecule has 1 aromatic carbocycles. The Morgan fingerprint density at radius 1 is 1.50 bits per heavy atom. The second kappa shape index (κ2) is 5.36. The number of ether oxygens (including phenoxy) is 1. The second-order valence-corrected chi connectivity index (χ2v) is 5.15. The summed E-state index contributed by atoms with van der Waals surface area (Å²) in [5.41, 5.74) is -0.805. The predicted octanol–water partition coefficient (Wildman–Crippen LogP) is 3.43. The Kier molecular flexibility index (Phi) is 4.31. The quantitative estimate of drug-likeness (QED) is 0.773. The molecule has 0 saturated heterocycles. The second-order valence-electron chi connectivity index (χ2n) is 4.74. The van der Waals surface area contributed by atoms with Gasteiger partial charge in [0.25, 0.3) is 0 Å². The smallest absolute Gasteiger partial charge is 0.328 e. The zero-order chi connectivity index (χ0) is 13.9. The first-order valence-corrected chi connectivity index (χ1v) is 5.70. The molecule has 0 saturated carbocycles. The van der Waals surface area contributed by atoms with Crippen LogP contribution in [0.2, 0.25) is 5.02 Å². The van der Waals surface area contributed by atoms with Crippen molar-refractivity contribution in [2.24, 2.45) is 0 Å². The average molecular weight is 270 g/mol. The molecule has 0 spiro atoms. The highest BCUT2D eigenvalue weighted by Crippen LogP contribution is 2.26. The summed E-state index contributed by atoms with van der Waals surface area (Å²) in [6.07, 6.45) is 0. The molecule has 0 N–H and O–H groups in total. The van der Waals surface area contributed by atoms with Crippen LogP contribution in [0.4, 0.5) is 4.39 Å². The van der Waals surface area contributed by atoms with Gasteiger partial charge >= 0.3 is 5.97 Å². The summed E-state index contributed by atoms with van der Waals surface area (Å²) in [6.45, 7) is 5.02.